The molecule has 0 spiro atoms. The summed E-state index contributed by atoms with van der Waals surface area (Å²) in [4.78, 5) is 81.8. The Morgan fingerprint density at radius 2 is 1.60 bits per heavy atom. The van der Waals surface area contributed by atoms with Crippen molar-refractivity contribution in [2.75, 3.05) is 55.6 Å². The van der Waals surface area contributed by atoms with Gasteiger partial charge in [-0.1, -0.05) is 17.7 Å². The Labute approximate surface area is 339 Å². The fourth-order valence-electron chi connectivity index (χ4n) is 9.43. The molecule has 14 nitrogen and oxygen atoms in total. The van der Waals surface area contributed by atoms with E-state index in [1.807, 2.05) is 21.9 Å². The Bertz CT molecular complexity index is 2270. The number of carbonyl (C=O) groups is 5. The van der Waals surface area contributed by atoms with E-state index in [1.165, 1.54) is 6.07 Å². The molecule has 6 heterocycles. The molecule has 5 aliphatic heterocycles. The Balaban J connectivity index is 0.758. The lowest BCUT2D eigenvalue weighted by molar-refractivity contribution is -0.136. The summed E-state index contributed by atoms with van der Waals surface area (Å²) in [6.07, 6.45) is 4.38. The van der Waals surface area contributed by atoms with Crippen molar-refractivity contribution in [3.8, 4) is 5.75 Å². The lowest BCUT2D eigenvalue weighted by Gasteiger charge is -2.37. The number of carbonyl (C=O) groups excluding carboxylic acids is 5. The van der Waals surface area contributed by atoms with Crippen molar-refractivity contribution in [3.05, 3.63) is 87.1 Å². The SMILES string of the molecule is [C-]#[N+]c1ccc(OC2CCC(N3Cc4nc(N5CC[C@@H](CN6CCN(c7cc8c(cc7F)C(=O)N(C7CCC(=O)NC7=O)C8=O)CC6)C5)ccc4C3=O)CC2)cc1Cl. The van der Waals surface area contributed by atoms with Crippen molar-refractivity contribution in [2.24, 2.45) is 5.92 Å². The largest absolute Gasteiger partial charge is 0.490 e. The van der Waals surface area contributed by atoms with Crippen LogP contribution >= 0.6 is 11.6 Å². The van der Waals surface area contributed by atoms with Crippen LogP contribution in [0.4, 0.5) is 21.6 Å². The normalized spacial score (nSPS) is 24.9. The van der Waals surface area contributed by atoms with Gasteiger partial charge >= 0.3 is 0 Å². The number of fused-ring (bicyclic) bond motifs is 2. The maximum Gasteiger partial charge on any atom is 0.262 e. The summed E-state index contributed by atoms with van der Waals surface area (Å²) in [6, 6.07) is 10.6. The zero-order valence-electron chi connectivity index (χ0n) is 31.8. The summed E-state index contributed by atoms with van der Waals surface area (Å²) >= 11 is 6.20. The number of hydrogen-bond donors (Lipinski definition) is 1. The van der Waals surface area contributed by atoms with Crippen LogP contribution in [0.1, 0.15) is 81.7 Å². The van der Waals surface area contributed by atoms with E-state index in [2.05, 4.69) is 20.0 Å². The van der Waals surface area contributed by atoms with Gasteiger partial charge in [0.15, 0.2) is 0 Å². The van der Waals surface area contributed by atoms with Gasteiger partial charge < -0.3 is 19.4 Å². The zero-order chi connectivity index (χ0) is 40.2. The molecular weight excluding hydrogens is 767 g/mol. The monoisotopic (exact) mass is 808 g/mol. The van der Waals surface area contributed by atoms with Crippen molar-refractivity contribution >= 4 is 58.3 Å². The minimum atomic E-state index is -1.10. The fourth-order valence-corrected chi connectivity index (χ4v) is 9.64. The summed E-state index contributed by atoms with van der Waals surface area (Å²) in [6.45, 7) is 12.8. The third kappa shape index (κ3) is 7.02. The van der Waals surface area contributed by atoms with Crippen LogP contribution in [0.15, 0.2) is 42.5 Å². The Morgan fingerprint density at radius 1 is 0.845 bits per heavy atom. The number of benzene rings is 2. The van der Waals surface area contributed by atoms with Crippen molar-refractivity contribution in [1.29, 1.82) is 0 Å². The van der Waals surface area contributed by atoms with E-state index < -0.39 is 35.5 Å². The van der Waals surface area contributed by atoms with Crippen molar-refractivity contribution in [1.82, 2.24) is 25.0 Å². The second-order valence-corrected chi connectivity index (χ2v) is 16.5. The molecule has 1 N–H and O–H groups in total. The molecule has 58 heavy (non-hydrogen) atoms. The molecule has 2 atom stereocenters. The molecule has 1 saturated carbocycles. The molecule has 3 saturated heterocycles. The second kappa shape index (κ2) is 15.3. The fraction of sp³-hybridized carbons (Fsp3) is 0.452. The minimum absolute atomic E-state index is 0.0136. The quantitative estimate of drug-likeness (QED) is 0.249. The molecule has 1 aliphatic carbocycles. The molecule has 1 aromatic heterocycles. The predicted octanol–water partition coefficient (Wildman–Crippen LogP) is 4.82. The molecule has 3 aromatic rings. The number of imide groups is 2. The highest BCUT2D eigenvalue weighted by Gasteiger charge is 2.45. The smallest absolute Gasteiger partial charge is 0.262 e. The number of rotatable bonds is 8. The van der Waals surface area contributed by atoms with Gasteiger partial charge in [-0.05, 0) is 80.8 Å². The van der Waals surface area contributed by atoms with Gasteiger partial charge in [-0.3, -0.25) is 39.1 Å². The molecule has 300 valence electrons. The Hall–Kier alpha value is -5.59. The predicted molar refractivity (Wildman–Crippen MR) is 211 cm³/mol. The Morgan fingerprint density at radius 3 is 2.33 bits per heavy atom. The average molecular weight is 809 g/mol. The van der Waals surface area contributed by atoms with Crippen LogP contribution < -0.4 is 19.9 Å². The van der Waals surface area contributed by atoms with E-state index in [9.17, 15) is 24.0 Å². The van der Waals surface area contributed by atoms with Crippen molar-refractivity contribution in [2.45, 2.75) is 69.7 Å². The minimum Gasteiger partial charge on any atom is -0.490 e. The molecule has 0 radical (unpaired) electrons. The molecule has 4 fully saturated rings. The molecule has 0 bridgehead atoms. The number of ether oxygens (including phenoxy) is 1. The third-order valence-corrected chi connectivity index (χ3v) is 12.8. The van der Waals surface area contributed by atoms with E-state index in [1.54, 1.807) is 18.2 Å². The molecular formula is C42H42ClFN8O6. The van der Waals surface area contributed by atoms with Crippen molar-refractivity contribution < 1.29 is 33.1 Å². The molecule has 16 heteroatoms. The van der Waals surface area contributed by atoms with Gasteiger partial charge in [0.05, 0.1) is 52.3 Å². The average Bonchev–Trinajstić information content (AvgIpc) is 3.89. The number of anilines is 2. The first kappa shape index (κ1) is 38.0. The first-order valence-electron chi connectivity index (χ1n) is 20.0. The highest BCUT2D eigenvalue weighted by Crippen LogP contribution is 2.36. The van der Waals surface area contributed by atoms with Crippen LogP contribution in [0.3, 0.4) is 0 Å². The van der Waals surface area contributed by atoms with Crippen LogP contribution in [0.25, 0.3) is 4.85 Å². The van der Waals surface area contributed by atoms with Gasteiger partial charge in [-0.2, -0.15) is 0 Å². The van der Waals surface area contributed by atoms with Gasteiger partial charge in [-0.25, -0.2) is 14.2 Å². The molecule has 5 amide bonds. The summed E-state index contributed by atoms with van der Waals surface area (Å²) < 4.78 is 21.6. The summed E-state index contributed by atoms with van der Waals surface area (Å²) in [5.74, 6) is -1.14. The summed E-state index contributed by atoms with van der Waals surface area (Å²) in [5.41, 5.74) is 2.15. The molecule has 6 aliphatic rings. The number of nitrogens with zero attached hydrogens (tertiary/aromatic N) is 7. The number of pyridine rings is 1. The van der Waals surface area contributed by atoms with Gasteiger partial charge in [0.2, 0.25) is 17.5 Å². The maximum atomic E-state index is 15.5. The van der Waals surface area contributed by atoms with Gasteiger partial charge in [-0.15, -0.1) is 0 Å². The number of piperazine rings is 1. The van der Waals surface area contributed by atoms with E-state index >= 15 is 4.39 Å². The maximum absolute atomic E-state index is 15.5. The first-order chi connectivity index (χ1) is 28.0. The van der Waals surface area contributed by atoms with Crippen LogP contribution in [0.2, 0.25) is 5.02 Å². The van der Waals surface area contributed by atoms with Gasteiger partial charge in [0.25, 0.3) is 17.7 Å². The summed E-state index contributed by atoms with van der Waals surface area (Å²) in [7, 11) is 0. The highest BCUT2D eigenvalue weighted by atomic mass is 35.5. The molecule has 9 rings (SSSR count). The lowest BCUT2D eigenvalue weighted by atomic mass is 9.92. The third-order valence-electron chi connectivity index (χ3n) is 12.5. The summed E-state index contributed by atoms with van der Waals surface area (Å²) in [5, 5.41) is 2.56. The van der Waals surface area contributed by atoms with Crippen LogP contribution in [-0.4, -0.2) is 113 Å². The van der Waals surface area contributed by atoms with E-state index in [4.69, 9.17) is 27.9 Å². The first-order valence-corrected chi connectivity index (χ1v) is 20.3. The van der Waals surface area contributed by atoms with E-state index in [0.717, 1.165) is 74.2 Å². The Kier molecular flexibility index (Phi) is 10.0. The van der Waals surface area contributed by atoms with Gasteiger partial charge in [0.1, 0.15) is 23.4 Å². The number of piperidine rings is 1. The lowest BCUT2D eigenvalue weighted by Crippen LogP contribution is -2.54. The number of hydrogen-bond acceptors (Lipinski definition) is 10. The van der Waals surface area contributed by atoms with Crippen molar-refractivity contribution in [3.63, 3.8) is 0 Å². The number of aromatic nitrogens is 1. The number of halogens is 2. The highest BCUT2D eigenvalue weighted by molar-refractivity contribution is 6.33. The number of nitrogens with one attached hydrogen (secondary N) is 1. The standard InChI is InChI=1S/C42H42ClFN8O6/c1-45-33-8-6-27(18-31(33)43)58-26-4-2-25(3-5-26)51-23-34-28(40(51)55)7-10-37(46-34)50-13-12-24(22-50)21-48-14-16-49(17-15-48)36-20-30-29(19-32(36)44)41(56)52(42(30)57)35-9-11-38(53)47-39(35)54/h6-8,10,18-20,24-26,35H,2-5,9,11-17,21-23H2,(H,47,53,54)/t24-,25?,26?,35?/m0/s1. The number of amides is 5. The molecule has 2 aromatic carbocycles. The van der Waals surface area contributed by atoms with Crippen LogP contribution in [-0.2, 0) is 16.1 Å². The second-order valence-electron chi connectivity index (χ2n) is 16.1. The van der Waals surface area contributed by atoms with Crippen LogP contribution in [0.5, 0.6) is 5.75 Å². The van der Waals surface area contributed by atoms with Crippen LogP contribution in [0, 0.1) is 18.3 Å². The van der Waals surface area contributed by atoms with E-state index in [0.29, 0.717) is 60.7 Å². The molecule has 1 unspecified atom stereocenters. The topological polar surface area (TPSA) is 140 Å². The van der Waals surface area contributed by atoms with E-state index in [-0.39, 0.29) is 47.7 Å². The van der Waals surface area contributed by atoms with Gasteiger partial charge in [0, 0.05) is 58.3 Å². The zero-order valence-corrected chi connectivity index (χ0v) is 32.5.